The summed E-state index contributed by atoms with van der Waals surface area (Å²) in [6.45, 7) is 4.69. The summed E-state index contributed by atoms with van der Waals surface area (Å²) in [4.78, 5) is 0. The Labute approximate surface area is 126 Å². The first kappa shape index (κ1) is 15.7. The molecule has 21 heavy (non-hydrogen) atoms. The second-order valence-electron chi connectivity index (χ2n) is 5.85. The molecule has 2 atom stereocenters. The van der Waals surface area contributed by atoms with E-state index in [9.17, 15) is 4.39 Å². The molecular weight excluding hydrogens is 263 g/mol. The molecule has 3 N–H and O–H groups in total. The predicted molar refractivity (Wildman–Crippen MR) is 85.6 cm³/mol. The average Bonchev–Trinajstić information content (AvgIpc) is 2.48. The first-order valence-electron chi connectivity index (χ1n) is 7.29. The zero-order valence-electron chi connectivity index (χ0n) is 12.6. The maximum Gasteiger partial charge on any atom is 0.123 e. The van der Waals surface area contributed by atoms with E-state index in [1.165, 1.54) is 11.6 Å². The smallest absolute Gasteiger partial charge is 0.123 e. The van der Waals surface area contributed by atoms with Crippen LogP contribution in [-0.2, 0) is 6.42 Å². The molecule has 2 aromatic carbocycles. The third-order valence-electron chi connectivity index (χ3n) is 3.80. The molecule has 0 aromatic heterocycles. The molecule has 2 nitrogen and oxygen atoms in total. The molecule has 0 saturated heterocycles. The number of rotatable bonds is 6. The van der Waals surface area contributed by atoms with Crippen LogP contribution in [0.15, 0.2) is 54.6 Å². The maximum atomic E-state index is 13.3. The maximum absolute atomic E-state index is 13.3. The number of halogens is 1. The van der Waals surface area contributed by atoms with Crippen LogP contribution in [0.1, 0.15) is 31.0 Å². The topological polar surface area (TPSA) is 38.0 Å². The summed E-state index contributed by atoms with van der Waals surface area (Å²) < 4.78 is 13.3. The first-order valence-corrected chi connectivity index (χ1v) is 7.29. The Morgan fingerprint density at radius 1 is 1.14 bits per heavy atom. The van der Waals surface area contributed by atoms with Gasteiger partial charge in [-0.05, 0) is 43.5 Å². The lowest BCUT2D eigenvalue weighted by molar-refractivity contribution is 0.324. The number of hydrogen-bond acceptors (Lipinski definition) is 2. The normalized spacial score (nSPS) is 15.4. The van der Waals surface area contributed by atoms with Gasteiger partial charge in [-0.25, -0.2) is 4.39 Å². The molecule has 0 saturated carbocycles. The molecule has 112 valence electrons. The van der Waals surface area contributed by atoms with Crippen LogP contribution in [0.5, 0.6) is 0 Å². The lowest BCUT2D eigenvalue weighted by Gasteiger charge is -2.33. The highest BCUT2D eigenvalue weighted by atomic mass is 19.1. The monoisotopic (exact) mass is 286 g/mol. The Kier molecular flexibility index (Phi) is 5.10. The lowest BCUT2D eigenvalue weighted by Crippen LogP contribution is -2.51. The minimum atomic E-state index is -0.275. The van der Waals surface area contributed by atoms with Gasteiger partial charge in [-0.3, -0.25) is 0 Å². The average molecular weight is 286 g/mol. The first-order chi connectivity index (χ1) is 10.0. The molecule has 0 fully saturated rings. The lowest BCUT2D eigenvalue weighted by atomic mass is 9.91. The fourth-order valence-electron chi connectivity index (χ4n) is 2.63. The van der Waals surface area contributed by atoms with Gasteiger partial charge in [-0.15, -0.1) is 0 Å². The molecule has 0 aliphatic carbocycles. The van der Waals surface area contributed by atoms with E-state index in [0.29, 0.717) is 13.0 Å². The molecule has 3 heteroatoms. The van der Waals surface area contributed by atoms with Gasteiger partial charge in [0, 0.05) is 18.1 Å². The summed E-state index contributed by atoms with van der Waals surface area (Å²) in [7, 11) is 0. The van der Waals surface area contributed by atoms with Gasteiger partial charge in [0.25, 0.3) is 0 Å². The van der Waals surface area contributed by atoms with Crippen LogP contribution >= 0.6 is 0 Å². The molecule has 0 amide bonds. The van der Waals surface area contributed by atoms with Crippen molar-refractivity contribution in [1.29, 1.82) is 0 Å². The van der Waals surface area contributed by atoms with Crippen molar-refractivity contribution in [2.45, 2.75) is 31.8 Å². The highest BCUT2D eigenvalue weighted by molar-refractivity contribution is 5.21. The zero-order chi connectivity index (χ0) is 15.3. The Bertz CT molecular complexity index is 570. The van der Waals surface area contributed by atoms with Crippen LogP contribution < -0.4 is 11.1 Å². The Morgan fingerprint density at radius 2 is 1.86 bits per heavy atom. The minimum absolute atomic E-state index is 0.188. The van der Waals surface area contributed by atoms with E-state index in [0.717, 1.165) is 5.56 Å². The Morgan fingerprint density at radius 3 is 2.48 bits per heavy atom. The molecule has 0 bridgehead atoms. The second-order valence-corrected chi connectivity index (χ2v) is 5.85. The van der Waals surface area contributed by atoms with Gasteiger partial charge in [0.05, 0.1) is 0 Å². The van der Waals surface area contributed by atoms with Crippen LogP contribution in [0.3, 0.4) is 0 Å². The molecule has 2 aromatic rings. The van der Waals surface area contributed by atoms with Crippen molar-refractivity contribution in [1.82, 2.24) is 5.32 Å². The van der Waals surface area contributed by atoms with Crippen molar-refractivity contribution >= 4 is 0 Å². The van der Waals surface area contributed by atoms with Gasteiger partial charge < -0.3 is 11.1 Å². The summed E-state index contributed by atoms with van der Waals surface area (Å²) in [6.07, 6.45) is 0.693. The molecule has 0 heterocycles. The molecule has 0 aliphatic heterocycles. The van der Waals surface area contributed by atoms with E-state index in [2.05, 4.69) is 31.3 Å². The highest BCUT2D eigenvalue weighted by Gasteiger charge is 2.25. The SMILES string of the molecule is CC(NC(C)(CN)Cc1cccc(F)c1)c1ccccc1. The fraction of sp³-hybridized carbons (Fsp3) is 0.333. The van der Waals surface area contributed by atoms with E-state index in [-0.39, 0.29) is 17.4 Å². The van der Waals surface area contributed by atoms with Crippen molar-refractivity contribution in [3.05, 3.63) is 71.5 Å². The second kappa shape index (κ2) is 6.83. The van der Waals surface area contributed by atoms with Crippen LogP contribution in [-0.4, -0.2) is 12.1 Å². The number of benzene rings is 2. The van der Waals surface area contributed by atoms with E-state index in [1.54, 1.807) is 12.1 Å². The van der Waals surface area contributed by atoms with Crippen molar-refractivity contribution < 1.29 is 4.39 Å². The Hall–Kier alpha value is -1.71. The van der Waals surface area contributed by atoms with E-state index in [1.807, 2.05) is 24.3 Å². The van der Waals surface area contributed by atoms with E-state index < -0.39 is 0 Å². The molecular formula is C18H23FN2. The summed E-state index contributed by atoms with van der Waals surface area (Å²) in [5.74, 6) is -0.206. The molecule has 0 radical (unpaired) electrons. The van der Waals surface area contributed by atoms with Gasteiger partial charge in [-0.2, -0.15) is 0 Å². The summed E-state index contributed by atoms with van der Waals surface area (Å²) in [5.41, 5.74) is 7.86. The summed E-state index contributed by atoms with van der Waals surface area (Å²) in [6, 6.07) is 17.1. The van der Waals surface area contributed by atoms with Crippen molar-refractivity contribution in [3.8, 4) is 0 Å². The van der Waals surface area contributed by atoms with Crippen LogP contribution in [0.4, 0.5) is 4.39 Å². The largest absolute Gasteiger partial charge is 0.329 e. The third-order valence-corrected chi connectivity index (χ3v) is 3.80. The third kappa shape index (κ3) is 4.38. The number of hydrogen-bond donors (Lipinski definition) is 2. The van der Waals surface area contributed by atoms with E-state index in [4.69, 9.17) is 5.73 Å². The van der Waals surface area contributed by atoms with Crippen LogP contribution in [0, 0.1) is 5.82 Å². The predicted octanol–water partition coefficient (Wildman–Crippen LogP) is 3.44. The summed E-state index contributed by atoms with van der Waals surface area (Å²) >= 11 is 0. The van der Waals surface area contributed by atoms with Crippen LogP contribution in [0.25, 0.3) is 0 Å². The van der Waals surface area contributed by atoms with Gasteiger partial charge >= 0.3 is 0 Å². The zero-order valence-corrected chi connectivity index (χ0v) is 12.6. The van der Waals surface area contributed by atoms with Gasteiger partial charge in [-0.1, -0.05) is 42.5 Å². The van der Waals surface area contributed by atoms with Crippen molar-refractivity contribution in [2.24, 2.45) is 5.73 Å². The van der Waals surface area contributed by atoms with Gasteiger partial charge in [0.2, 0.25) is 0 Å². The highest BCUT2D eigenvalue weighted by Crippen LogP contribution is 2.19. The van der Waals surface area contributed by atoms with Gasteiger partial charge in [0.1, 0.15) is 5.82 Å². The molecule has 0 spiro atoms. The quantitative estimate of drug-likeness (QED) is 0.853. The minimum Gasteiger partial charge on any atom is -0.329 e. The fourth-order valence-corrected chi connectivity index (χ4v) is 2.63. The van der Waals surface area contributed by atoms with E-state index >= 15 is 0 Å². The molecule has 0 aliphatic rings. The summed E-state index contributed by atoms with van der Waals surface area (Å²) in [5, 5.41) is 3.58. The van der Waals surface area contributed by atoms with Gasteiger partial charge in [0.15, 0.2) is 0 Å². The number of nitrogens with one attached hydrogen (secondary N) is 1. The van der Waals surface area contributed by atoms with Crippen molar-refractivity contribution in [3.63, 3.8) is 0 Å². The molecule has 2 rings (SSSR count). The molecule has 2 unspecified atom stereocenters. The standard InChI is InChI=1S/C18H23FN2/c1-14(16-8-4-3-5-9-16)21-18(2,13-20)12-15-7-6-10-17(19)11-15/h3-11,14,21H,12-13,20H2,1-2H3. The van der Waals surface area contributed by atoms with Crippen LogP contribution in [0.2, 0.25) is 0 Å². The Balaban J connectivity index is 2.10. The number of nitrogens with two attached hydrogens (primary N) is 1. The van der Waals surface area contributed by atoms with Crippen molar-refractivity contribution in [2.75, 3.05) is 6.54 Å².